The van der Waals surface area contributed by atoms with Gasteiger partial charge in [-0.3, -0.25) is 0 Å². The maximum Gasteiger partial charge on any atom is 0.0588 e. The number of aliphatic hydroxyl groups is 1. The first-order chi connectivity index (χ1) is 6.24. The van der Waals surface area contributed by atoms with E-state index >= 15 is 0 Å². The summed E-state index contributed by atoms with van der Waals surface area (Å²) in [6, 6.07) is 0.265. The third kappa shape index (κ3) is 3.63. The van der Waals surface area contributed by atoms with E-state index < -0.39 is 0 Å². The van der Waals surface area contributed by atoms with Gasteiger partial charge >= 0.3 is 0 Å². The molecule has 3 nitrogen and oxygen atoms in total. The Labute approximate surface area is 80.7 Å². The first-order valence-electron chi connectivity index (χ1n) is 5.16. The number of hydrogen-bond donors (Lipinski definition) is 1. The van der Waals surface area contributed by atoms with Crippen LogP contribution < -0.4 is 0 Å². The lowest BCUT2D eigenvalue weighted by atomic mass is 10.1. The molecule has 1 saturated heterocycles. The van der Waals surface area contributed by atoms with Crippen molar-refractivity contribution in [2.45, 2.75) is 38.3 Å². The second-order valence-electron chi connectivity index (χ2n) is 3.94. The zero-order valence-corrected chi connectivity index (χ0v) is 8.70. The Morgan fingerprint density at radius 1 is 1.62 bits per heavy atom. The van der Waals surface area contributed by atoms with Gasteiger partial charge in [-0.05, 0) is 33.2 Å². The van der Waals surface area contributed by atoms with Crippen molar-refractivity contribution in [3.63, 3.8) is 0 Å². The molecule has 13 heavy (non-hydrogen) atoms. The molecule has 1 N–H and O–H groups in total. The summed E-state index contributed by atoms with van der Waals surface area (Å²) in [6.45, 7) is 4.23. The van der Waals surface area contributed by atoms with E-state index in [4.69, 9.17) is 9.84 Å². The van der Waals surface area contributed by atoms with Gasteiger partial charge in [0.2, 0.25) is 0 Å². The van der Waals surface area contributed by atoms with Crippen LogP contribution in [-0.4, -0.2) is 49.0 Å². The van der Waals surface area contributed by atoms with Crippen LogP contribution in [0.1, 0.15) is 26.2 Å². The Morgan fingerprint density at radius 2 is 2.38 bits per heavy atom. The molecule has 0 amide bonds. The van der Waals surface area contributed by atoms with Crippen LogP contribution in [0.3, 0.4) is 0 Å². The van der Waals surface area contributed by atoms with Gasteiger partial charge in [0.1, 0.15) is 0 Å². The van der Waals surface area contributed by atoms with Crippen molar-refractivity contribution in [1.82, 2.24) is 4.90 Å². The van der Waals surface area contributed by atoms with E-state index in [0.717, 1.165) is 19.6 Å². The van der Waals surface area contributed by atoms with Crippen LogP contribution in [0.25, 0.3) is 0 Å². The number of rotatable bonds is 5. The van der Waals surface area contributed by atoms with E-state index in [1.165, 1.54) is 12.8 Å². The van der Waals surface area contributed by atoms with Crippen molar-refractivity contribution < 1.29 is 9.84 Å². The van der Waals surface area contributed by atoms with Crippen LogP contribution >= 0.6 is 0 Å². The molecule has 0 aromatic heterocycles. The summed E-state index contributed by atoms with van der Waals surface area (Å²) in [5, 5.41) is 8.92. The van der Waals surface area contributed by atoms with Crippen molar-refractivity contribution in [3.8, 4) is 0 Å². The minimum atomic E-state index is 0.238. The lowest BCUT2D eigenvalue weighted by Crippen LogP contribution is -2.34. The normalized spacial score (nSPS) is 25.4. The summed E-state index contributed by atoms with van der Waals surface area (Å²) in [6.07, 6.45) is 3.99. The summed E-state index contributed by atoms with van der Waals surface area (Å²) >= 11 is 0. The topological polar surface area (TPSA) is 32.7 Å². The number of nitrogens with zero attached hydrogens (tertiary/aromatic N) is 1. The number of likely N-dealkylation sites (N-methyl/N-ethyl adjacent to an activating group) is 1. The van der Waals surface area contributed by atoms with Gasteiger partial charge in [0.05, 0.1) is 12.7 Å². The van der Waals surface area contributed by atoms with Gasteiger partial charge < -0.3 is 14.7 Å². The first kappa shape index (κ1) is 11.0. The molecule has 1 rings (SSSR count). The predicted octanol–water partition coefficient (Wildman–Crippen LogP) is 0.868. The summed E-state index contributed by atoms with van der Waals surface area (Å²) in [5.41, 5.74) is 0. The van der Waals surface area contributed by atoms with Crippen molar-refractivity contribution >= 4 is 0 Å². The van der Waals surface area contributed by atoms with E-state index in [1.807, 2.05) is 6.92 Å². The second kappa shape index (κ2) is 5.58. The minimum Gasteiger partial charge on any atom is -0.395 e. The lowest BCUT2D eigenvalue weighted by Gasteiger charge is -2.23. The van der Waals surface area contributed by atoms with Gasteiger partial charge in [0, 0.05) is 19.2 Å². The molecular formula is C10H21NO2. The average molecular weight is 187 g/mol. The summed E-state index contributed by atoms with van der Waals surface area (Å²) < 4.78 is 5.53. The van der Waals surface area contributed by atoms with E-state index in [-0.39, 0.29) is 12.6 Å². The van der Waals surface area contributed by atoms with Crippen LogP contribution in [0.4, 0.5) is 0 Å². The fourth-order valence-corrected chi connectivity index (χ4v) is 1.58. The largest absolute Gasteiger partial charge is 0.395 e. The first-order valence-corrected chi connectivity index (χ1v) is 5.16. The molecule has 0 bridgehead atoms. The molecule has 2 atom stereocenters. The van der Waals surface area contributed by atoms with Crippen LogP contribution in [0.5, 0.6) is 0 Å². The van der Waals surface area contributed by atoms with Gasteiger partial charge in [-0.15, -0.1) is 0 Å². The van der Waals surface area contributed by atoms with E-state index in [2.05, 4.69) is 11.9 Å². The highest BCUT2D eigenvalue weighted by atomic mass is 16.5. The van der Waals surface area contributed by atoms with Crippen LogP contribution in [0.15, 0.2) is 0 Å². The van der Waals surface area contributed by atoms with Crippen molar-refractivity contribution in [2.75, 3.05) is 26.8 Å². The molecule has 0 aromatic rings. The highest BCUT2D eigenvalue weighted by Gasteiger charge is 2.16. The highest BCUT2D eigenvalue weighted by molar-refractivity contribution is 4.68. The fraction of sp³-hybridized carbons (Fsp3) is 1.00. The molecular weight excluding hydrogens is 166 g/mol. The number of aliphatic hydroxyl groups excluding tert-OH is 1. The van der Waals surface area contributed by atoms with Crippen LogP contribution in [-0.2, 0) is 4.74 Å². The van der Waals surface area contributed by atoms with Gasteiger partial charge in [-0.2, -0.15) is 0 Å². The van der Waals surface area contributed by atoms with E-state index in [0.29, 0.717) is 6.10 Å². The lowest BCUT2D eigenvalue weighted by molar-refractivity contribution is 0.0838. The second-order valence-corrected chi connectivity index (χ2v) is 3.94. The maximum absolute atomic E-state index is 8.92. The third-order valence-corrected chi connectivity index (χ3v) is 2.84. The molecule has 78 valence electrons. The number of hydrogen-bond acceptors (Lipinski definition) is 3. The van der Waals surface area contributed by atoms with Crippen LogP contribution in [0, 0.1) is 0 Å². The molecule has 0 aliphatic carbocycles. The zero-order valence-electron chi connectivity index (χ0n) is 8.70. The summed E-state index contributed by atoms with van der Waals surface area (Å²) in [4.78, 5) is 2.18. The Morgan fingerprint density at radius 3 is 2.92 bits per heavy atom. The molecule has 1 aliphatic rings. The Hall–Kier alpha value is -0.120. The highest BCUT2D eigenvalue weighted by Crippen LogP contribution is 2.15. The molecule has 3 heteroatoms. The van der Waals surface area contributed by atoms with Crippen molar-refractivity contribution in [3.05, 3.63) is 0 Å². The summed E-state index contributed by atoms with van der Waals surface area (Å²) in [5.74, 6) is 0. The predicted molar refractivity (Wildman–Crippen MR) is 52.8 cm³/mol. The Kier molecular flexibility index (Phi) is 4.70. The van der Waals surface area contributed by atoms with Gasteiger partial charge in [-0.1, -0.05) is 0 Å². The van der Waals surface area contributed by atoms with Gasteiger partial charge in [0.25, 0.3) is 0 Å². The average Bonchev–Trinajstić information content (AvgIpc) is 2.65. The molecule has 0 spiro atoms. The minimum absolute atomic E-state index is 0.238. The maximum atomic E-state index is 8.92. The molecule has 0 radical (unpaired) electrons. The molecule has 1 aliphatic heterocycles. The molecule has 0 saturated carbocycles. The quantitative estimate of drug-likeness (QED) is 0.693. The molecule has 1 heterocycles. The van der Waals surface area contributed by atoms with Gasteiger partial charge in [0.15, 0.2) is 0 Å². The SMILES string of the molecule is CC(CO)N(C)CCC1CCCO1. The monoisotopic (exact) mass is 187 g/mol. The van der Waals surface area contributed by atoms with E-state index in [1.54, 1.807) is 0 Å². The molecule has 2 unspecified atom stereocenters. The Balaban J connectivity index is 2.10. The third-order valence-electron chi connectivity index (χ3n) is 2.84. The zero-order chi connectivity index (χ0) is 9.68. The van der Waals surface area contributed by atoms with E-state index in [9.17, 15) is 0 Å². The molecule has 1 fully saturated rings. The van der Waals surface area contributed by atoms with Gasteiger partial charge in [-0.25, -0.2) is 0 Å². The fourth-order valence-electron chi connectivity index (χ4n) is 1.58. The standard InChI is InChI=1S/C10H21NO2/c1-9(8-12)11(2)6-5-10-4-3-7-13-10/h9-10,12H,3-8H2,1-2H3. The molecule has 0 aromatic carbocycles. The smallest absolute Gasteiger partial charge is 0.0588 e. The van der Waals surface area contributed by atoms with Crippen LogP contribution in [0.2, 0.25) is 0 Å². The summed E-state index contributed by atoms with van der Waals surface area (Å²) in [7, 11) is 2.05. The van der Waals surface area contributed by atoms with Crippen molar-refractivity contribution in [1.29, 1.82) is 0 Å². The van der Waals surface area contributed by atoms with Crippen molar-refractivity contribution in [2.24, 2.45) is 0 Å². The Bertz CT molecular complexity index is 135. The number of ether oxygens (including phenoxy) is 1.